The van der Waals surface area contributed by atoms with E-state index in [0.29, 0.717) is 5.33 Å². The minimum atomic E-state index is -0.713. The quantitative estimate of drug-likeness (QED) is 0.571. The van der Waals surface area contributed by atoms with Gasteiger partial charge in [-0.15, -0.1) is 6.58 Å². The molecule has 2 heteroatoms. The van der Waals surface area contributed by atoms with Crippen LogP contribution in [0, 0.1) is 0 Å². The Kier molecular flexibility index (Phi) is 5.51. The largest absolute Gasteiger partial charge is 0.385 e. The fraction of sp³-hybridized carbons (Fsp3) is 0.600. The third kappa shape index (κ3) is 6.62. The van der Waals surface area contributed by atoms with Gasteiger partial charge in [-0.3, -0.25) is 0 Å². The Balaban J connectivity index is 3.68. The van der Waals surface area contributed by atoms with Crippen molar-refractivity contribution in [2.45, 2.75) is 32.3 Å². The predicted molar refractivity (Wildman–Crippen MR) is 57.6 cm³/mol. The predicted octanol–water partition coefficient (Wildman–Crippen LogP) is 3.04. The van der Waals surface area contributed by atoms with Gasteiger partial charge in [-0.25, -0.2) is 0 Å². The van der Waals surface area contributed by atoms with Crippen molar-refractivity contribution in [1.29, 1.82) is 0 Å². The van der Waals surface area contributed by atoms with Crippen LogP contribution in [0.25, 0.3) is 0 Å². The molecule has 0 saturated heterocycles. The summed E-state index contributed by atoms with van der Waals surface area (Å²) in [5, 5.41) is 10.1. The first-order valence-electron chi connectivity index (χ1n) is 4.08. The number of alkyl halides is 1. The van der Waals surface area contributed by atoms with Crippen LogP contribution in [0.5, 0.6) is 0 Å². The second-order valence-electron chi connectivity index (χ2n) is 3.39. The van der Waals surface area contributed by atoms with Crippen molar-refractivity contribution < 1.29 is 5.11 Å². The van der Waals surface area contributed by atoms with Crippen LogP contribution in [-0.2, 0) is 0 Å². The van der Waals surface area contributed by atoms with Crippen molar-refractivity contribution in [3.63, 3.8) is 0 Å². The smallest absolute Gasteiger partial charge is 0.0896 e. The summed E-state index contributed by atoms with van der Waals surface area (Å²) in [5.74, 6) is 0. The summed E-state index contributed by atoms with van der Waals surface area (Å²) < 4.78 is 0. The van der Waals surface area contributed by atoms with Gasteiger partial charge in [0.2, 0.25) is 0 Å². The van der Waals surface area contributed by atoms with Gasteiger partial charge in [-0.2, -0.15) is 0 Å². The fourth-order valence-electron chi connectivity index (χ4n) is 0.711. The lowest BCUT2D eigenvalue weighted by Crippen LogP contribution is -2.22. The van der Waals surface area contributed by atoms with Crippen molar-refractivity contribution in [3.8, 4) is 0 Å². The number of hydrogen-bond donors (Lipinski definition) is 1. The molecular formula is C10H17BrO. The van der Waals surface area contributed by atoms with E-state index in [-0.39, 0.29) is 0 Å². The summed E-state index contributed by atoms with van der Waals surface area (Å²) in [6, 6.07) is 0. The summed E-state index contributed by atoms with van der Waals surface area (Å²) in [5.41, 5.74) is 0.466. The Morgan fingerprint density at radius 3 is 2.67 bits per heavy atom. The van der Waals surface area contributed by atoms with E-state index in [0.717, 1.165) is 12.8 Å². The van der Waals surface area contributed by atoms with Gasteiger partial charge in [0.05, 0.1) is 5.60 Å². The zero-order valence-corrected chi connectivity index (χ0v) is 9.39. The van der Waals surface area contributed by atoms with E-state index in [1.165, 1.54) is 5.57 Å². The lowest BCUT2D eigenvalue weighted by atomic mass is 10.1. The van der Waals surface area contributed by atoms with E-state index in [9.17, 15) is 5.11 Å². The van der Waals surface area contributed by atoms with Gasteiger partial charge in [0, 0.05) is 5.33 Å². The number of aliphatic hydroxyl groups is 1. The maximum atomic E-state index is 9.53. The first kappa shape index (κ1) is 11.9. The van der Waals surface area contributed by atoms with Crippen molar-refractivity contribution in [2.75, 3.05) is 5.33 Å². The van der Waals surface area contributed by atoms with Crippen LogP contribution < -0.4 is 0 Å². The van der Waals surface area contributed by atoms with E-state index in [1.807, 2.05) is 19.1 Å². The molecule has 12 heavy (non-hydrogen) atoms. The molecule has 0 amide bonds. The molecule has 0 fully saturated rings. The number of hydrogen-bond acceptors (Lipinski definition) is 1. The topological polar surface area (TPSA) is 20.2 Å². The average molecular weight is 233 g/mol. The molecule has 0 bridgehead atoms. The molecule has 0 aliphatic carbocycles. The van der Waals surface area contributed by atoms with Crippen molar-refractivity contribution in [2.24, 2.45) is 0 Å². The number of halogens is 1. The highest BCUT2D eigenvalue weighted by Gasteiger charge is 2.12. The van der Waals surface area contributed by atoms with E-state index in [1.54, 1.807) is 6.92 Å². The Labute approximate surface area is 83.3 Å². The van der Waals surface area contributed by atoms with Crippen molar-refractivity contribution >= 4 is 15.9 Å². The maximum Gasteiger partial charge on any atom is 0.0896 e. The monoisotopic (exact) mass is 232 g/mol. The van der Waals surface area contributed by atoms with Crippen LogP contribution in [0.4, 0.5) is 0 Å². The highest BCUT2D eigenvalue weighted by molar-refractivity contribution is 9.09. The first-order valence-corrected chi connectivity index (χ1v) is 5.20. The molecule has 0 rings (SSSR count). The third-order valence-electron chi connectivity index (χ3n) is 1.49. The van der Waals surface area contributed by atoms with Gasteiger partial charge in [0.15, 0.2) is 0 Å². The summed E-state index contributed by atoms with van der Waals surface area (Å²) in [6.07, 6.45) is 5.77. The summed E-state index contributed by atoms with van der Waals surface area (Å²) in [7, 11) is 0. The standard InChI is InChI=1S/C10H17BrO/c1-9(2)6-4-5-7-10(3,12)8-11/h5,7,12H,1,4,6,8H2,2-3H3. The van der Waals surface area contributed by atoms with Gasteiger partial charge < -0.3 is 5.11 Å². The minimum absolute atomic E-state index is 0.573. The van der Waals surface area contributed by atoms with Crippen LogP contribution in [0.3, 0.4) is 0 Å². The Morgan fingerprint density at radius 1 is 1.67 bits per heavy atom. The molecule has 0 aromatic rings. The van der Waals surface area contributed by atoms with Gasteiger partial charge in [-0.05, 0) is 26.7 Å². The molecule has 0 spiro atoms. The first-order chi connectivity index (χ1) is 5.48. The molecule has 0 heterocycles. The zero-order chi connectivity index (χ0) is 9.61. The Bertz CT molecular complexity index is 171. The molecule has 1 N–H and O–H groups in total. The normalized spacial score (nSPS) is 16.3. The summed E-state index contributed by atoms with van der Waals surface area (Å²) in [4.78, 5) is 0. The molecule has 0 aliphatic rings. The lowest BCUT2D eigenvalue weighted by Gasteiger charge is -2.14. The van der Waals surface area contributed by atoms with Crippen LogP contribution in [-0.4, -0.2) is 16.0 Å². The Hall–Kier alpha value is -0.0800. The second kappa shape index (κ2) is 5.55. The molecule has 0 saturated carbocycles. The lowest BCUT2D eigenvalue weighted by molar-refractivity contribution is 0.139. The summed E-state index contributed by atoms with van der Waals surface area (Å²) in [6.45, 7) is 7.59. The molecule has 0 radical (unpaired) electrons. The number of rotatable bonds is 5. The van der Waals surface area contributed by atoms with E-state index in [4.69, 9.17) is 0 Å². The average Bonchev–Trinajstić information content (AvgIpc) is 1.98. The van der Waals surface area contributed by atoms with Gasteiger partial charge in [-0.1, -0.05) is 33.7 Å². The molecule has 0 aromatic carbocycles. The summed E-state index contributed by atoms with van der Waals surface area (Å²) >= 11 is 3.23. The van der Waals surface area contributed by atoms with Gasteiger partial charge in [0.1, 0.15) is 0 Å². The van der Waals surface area contributed by atoms with Crippen LogP contribution in [0.15, 0.2) is 24.3 Å². The molecule has 0 aromatic heterocycles. The molecule has 0 aliphatic heterocycles. The van der Waals surface area contributed by atoms with E-state index >= 15 is 0 Å². The second-order valence-corrected chi connectivity index (χ2v) is 3.95. The molecule has 70 valence electrons. The van der Waals surface area contributed by atoms with Crippen molar-refractivity contribution in [3.05, 3.63) is 24.3 Å². The molecule has 1 atom stereocenters. The number of allylic oxidation sites excluding steroid dienone is 2. The maximum absolute atomic E-state index is 9.53. The van der Waals surface area contributed by atoms with Crippen molar-refractivity contribution in [1.82, 2.24) is 0 Å². The van der Waals surface area contributed by atoms with Crippen LogP contribution >= 0.6 is 15.9 Å². The molecule has 1 unspecified atom stereocenters. The highest BCUT2D eigenvalue weighted by Crippen LogP contribution is 2.10. The van der Waals surface area contributed by atoms with Gasteiger partial charge in [0.25, 0.3) is 0 Å². The fourth-order valence-corrected chi connectivity index (χ4v) is 0.898. The molecule has 1 nitrogen and oxygen atoms in total. The van der Waals surface area contributed by atoms with E-state index < -0.39 is 5.60 Å². The minimum Gasteiger partial charge on any atom is -0.385 e. The Morgan fingerprint density at radius 2 is 2.25 bits per heavy atom. The van der Waals surface area contributed by atoms with Gasteiger partial charge >= 0.3 is 0 Å². The highest BCUT2D eigenvalue weighted by atomic mass is 79.9. The SMILES string of the molecule is C=C(C)CCC=CC(C)(O)CBr. The van der Waals surface area contributed by atoms with Crippen LogP contribution in [0.1, 0.15) is 26.7 Å². The van der Waals surface area contributed by atoms with E-state index in [2.05, 4.69) is 22.5 Å². The third-order valence-corrected chi connectivity index (χ3v) is 2.62. The zero-order valence-electron chi connectivity index (χ0n) is 7.81. The van der Waals surface area contributed by atoms with Crippen LogP contribution in [0.2, 0.25) is 0 Å². The molecular weight excluding hydrogens is 216 g/mol.